The quantitative estimate of drug-likeness (QED) is 0.410. The summed E-state index contributed by atoms with van der Waals surface area (Å²) in [5.41, 5.74) is 9.56. The van der Waals surface area contributed by atoms with E-state index >= 15 is 0 Å². The fourth-order valence-electron chi connectivity index (χ4n) is 3.47. The van der Waals surface area contributed by atoms with E-state index in [-0.39, 0.29) is 0 Å². The molecule has 0 fully saturated rings. The fraction of sp³-hybridized carbons (Fsp3) is 0.125. The van der Waals surface area contributed by atoms with E-state index in [0.29, 0.717) is 0 Å². The zero-order valence-corrected chi connectivity index (χ0v) is 14.9. The number of pyridine rings is 1. The number of fused-ring (bicyclic) bond motifs is 1. The summed E-state index contributed by atoms with van der Waals surface area (Å²) in [4.78, 5) is 4.92. The van der Waals surface area contributed by atoms with E-state index in [0.717, 1.165) is 11.2 Å². The fourth-order valence-corrected chi connectivity index (χ4v) is 3.47. The molecule has 25 heavy (non-hydrogen) atoms. The van der Waals surface area contributed by atoms with Crippen molar-refractivity contribution < 1.29 is 0 Å². The van der Waals surface area contributed by atoms with Crippen LogP contribution in [0.4, 0.5) is 0 Å². The van der Waals surface area contributed by atoms with Crippen LogP contribution in [0, 0.1) is 20.8 Å². The monoisotopic (exact) mass is 323 g/mol. The van der Waals surface area contributed by atoms with Gasteiger partial charge in [-0.15, -0.1) is 0 Å². The number of benzene rings is 3. The second-order valence-electron chi connectivity index (χ2n) is 6.80. The first-order valence-corrected chi connectivity index (χ1v) is 8.66. The second-order valence-corrected chi connectivity index (χ2v) is 6.80. The minimum atomic E-state index is 1.05. The molecule has 0 bridgehead atoms. The van der Waals surface area contributed by atoms with E-state index in [4.69, 9.17) is 4.98 Å². The Kier molecular flexibility index (Phi) is 3.85. The van der Waals surface area contributed by atoms with Crippen LogP contribution >= 0.6 is 0 Å². The van der Waals surface area contributed by atoms with Crippen molar-refractivity contribution in [3.8, 4) is 22.4 Å². The minimum absolute atomic E-state index is 1.05. The van der Waals surface area contributed by atoms with E-state index in [1.165, 1.54) is 38.8 Å². The van der Waals surface area contributed by atoms with Crippen molar-refractivity contribution in [2.75, 3.05) is 0 Å². The van der Waals surface area contributed by atoms with Gasteiger partial charge in [0.05, 0.1) is 11.2 Å². The number of aromatic nitrogens is 1. The van der Waals surface area contributed by atoms with Gasteiger partial charge in [-0.25, -0.2) is 4.98 Å². The van der Waals surface area contributed by atoms with Crippen molar-refractivity contribution in [3.63, 3.8) is 0 Å². The maximum Gasteiger partial charge on any atom is 0.0712 e. The summed E-state index contributed by atoms with van der Waals surface area (Å²) in [6.45, 7) is 6.44. The van der Waals surface area contributed by atoms with Crippen molar-refractivity contribution in [1.82, 2.24) is 4.98 Å². The van der Waals surface area contributed by atoms with Gasteiger partial charge in [0, 0.05) is 10.9 Å². The van der Waals surface area contributed by atoms with Gasteiger partial charge in [0.15, 0.2) is 0 Å². The van der Waals surface area contributed by atoms with Gasteiger partial charge < -0.3 is 0 Å². The van der Waals surface area contributed by atoms with Crippen molar-refractivity contribution in [3.05, 3.63) is 89.5 Å². The van der Waals surface area contributed by atoms with Gasteiger partial charge in [0.25, 0.3) is 0 Å². The third kappa shape index (κ3) is 3.06. The molecule has 1 heterocycles. The molecule has 0 saturated heterocycles. The molecule has 0 aliphatic heterocycles. The average molecular weight is 323 g/mol. The highest BCUT2D eigenvalue weighted by atomic mass is 14.7. The van der Waals surface area contributed by atoms with Crippen LogP contribution in [0.5, 0.6) is 0 Å². The van der Waals surface area contributed by atoms with Gasteiger partial charge in [-0.2, -0.15) is 0 Å². The lowest BCUT2D eigenvalue weighted by Crippen LogP contribution is -1.91. The lowest BCUT2D eigenvalue weighted by atomic mass is 9.99. The van der Waals surface area contributed by atoms with Crippen LogP contribution < -0.4 is 0 Å². The highest BCUT2D eigenvalue weighted by Gasteiger charge is 2.08. The molecule has 1 aromatic heterocycles. The van der Waals surface area contributed by atoms with Gasteiger partial charge in [-0.3, -0.25) is 0 Å². The first kappa shape index (κ1) is 15.6. The molecular weight excluding hydrogens is 302 g/mol. The van der Waals surface area contributed by atoms with Gasteiger partial charge >= 0.3 is 0 Å². The number of hydrogen-bond donors (Lipinski definition) is 0. The van der Waals surface area contributed by atoms with Crippen LogP contribution in [0.1, 0.15) is 16.7 Å². The Bertz CT molecular complexity index is 1040. The van der Waals surface area contributed by atoms with Crippen LogP contribution in [-0.4, -0.2) is 4.98 Å². The molecule has 4 aromatic rings. The topological polar surface area (TPSA) is 12.9 Å². The molecule has 0 N–H and O–H groups in total. The Hall–Kier alpha value is -2.93. The average Bonchev–Trinajstić information content (AvgIpc) is 2.61. The van der Waals surface area contributed by atoms with Crippen molar-refractivity contribution in [1.29, 1.82) is 0 Å². The molecule has 0 radical (unpaired) electrons. The van der Waals surface area contributed by atoms with Crippen molar-refractivity contribution in [2.45, 2.75) is 20.8 Å². The van der Waals surface area contributed by atoms with Crippen LogP contribution in [0.2, 0.25) is 0 Å². The third-order valence-corrected chi connectivity index (χ3v) is 4.64. The number of hydrogen-bond acceptors (Lipinski definition) is 1. The van der Waals surface area contributed by atoms with E-state index in [1.54, 1.807) is 0 Å². The molecule has 0 saturated carbocycles. The van der Waals surface area contributed by atoms with Crippen LogP contribution in [-0.2, 0) is 0 Å². The molecule has 1 heteroatoms. The first-order chi connectivity index (χ1) is 12.1. The Morgan fingerprint density at radius 2 is 1.32 bits per heavy atom. The van der Waals surface area contributed by atoms with E-state index in [2.05, 4.69) is 87.5 Å². The lowest BCUT2D eigenvalue weighted by Gasteiger charge is -2.10. The number of aryl methyl sites for hydroxylation is 3. The van der Waals surface area contributed by atoms with E-state index < -0.39 is 0 Å². The second kappa shape index (κ2) is 6.18. The Morgan fingerprint density at radius 1 is 0.600 bits per heavy atom. The molecule has 0 aliphatic carbocycles. The summed E-state index contributed by atoms with van der Waals surface area (Å²) in [7, 11) is 0. The van der Waals surface area contributed by atoms with Gasteiger partial charge in [0.1, 0.15) is 0 Å². The van der Waals surface area contributed by atoms with Crippen LogP contribution in [0.3, 0.4) is 0 Å². The molecule has 122 valence electrons. The minimum Gasteiger partial charge on any atom is -0.248 e. The maximum atomic E-state index is 4.92. The van der Waals surface area contributed by atoms with Crippen molar-refractivity contribution in [2.24, 2.45) is 0 Å². The SMILES string of the molecule is Cc1cc(C)cc(-c2cc(C)c3cc(-c4ccccc4)ccc3n2)c1. The molecule has 0 spiro atoms. The standard InChI is InChI=1S/C24H21N/c1-16-11-17(2)13-21(12-16)24-14-18(3)22-15-20(9-10-23(22)25-24)19-7-5-4-6-8-19/h4-15H,1-3H3. The number of nitrogens with zero attached hydrogens (tertiary/aromatic N) is 1. The molecule has 0 atom stereocenters. The lowest BCUT2D eigenvalue weighted by molar-refractivity contribution is 1.33. The summed E-state index contributed by atoms with van der Waals surface area (Å²) in [6.07, 6.45) is 0. The summed E-state index contributed by atoms with van der Waals surface area (Å²) < 4.78 is 0. The van der Waals surface area contributed by atoms with Crippen molar-refractivity contribution >= 4 is 10.9 Å². The Morgan fingerprint density at radius 3 is 2.04 bits per heavy atom. The Balaban J connectivity index is 1.86. The van der Waals surface area contributed by atoms with Crippen LogP contribution in [0.15, 0.2) is 72.8 Å². The number of rotatable bonds is 2. The summed E-state index contributed by atoms with van der Waals surface area (Å²) >= 11 is 0. The summed E-state index contributed by atoms with van der Waals surface area (Å²) in [5, 5.41) is 1.22. The summed E-state index contributed by atoms with van der Waals surface area (Å²) in [6, 6.07) is 25.9. The predicted molar refractivity (Wildman–Crippen MR) is 107 cm³/mol. The normalized spacial score (nSPS) is 11.0. The zero-order chi connectivity index (χ0) is 17.4. The molecule has 3 aromatic carbocycles. The van der Waals surface area contributed by atoms with E-state index in [1.807, 2.05) is 6.07 Å². The highest BCUT2D eigenvalue weighted by Crippen LogP contribution is 2.29. The Labute approximate surface area is 149 Å². The molecule has 0 aliphatic rings. The third-order valence-electron chi connectivity index (χ3n) is 4.64. The molecule has 4 rings (SSSR count). The maximum absolute atomic E-state index is 4.92. The zero-order valence-electron chi connectivity index (χ0n) is 14.9. The van der Waals surface area contributed by atoms with Gasteiger partial charge in [-0.1, -0.05) is 53.6 Å². The first-order valence-electron chi connectivity index (χ1n) is 8.66. The van der Waals surface area contributed by atoms with Gasteiger partial charge in [0.2, 0.25) is 0 Å². The van der Waals surface area contributed by atoms with E-state index in [9.17, 15) is 0 Å². The molecular formula is C24H21N. The van der Waals surface area contributed by atoms with Crippen LogP contribution in [0.25, 0.3) is 33.3 Å². The molecule has 0 amide bonds. The summed E-state index contributed by atoms with van der Waals surface area (Å²) in [5.74, 6) is 0. The molecule has 1 nitrogen and oxygen atoms in total. The highest BCUT2D eigenvalue weighted by molar-refractivity contribution is 5.89. The smallest absolute Gasteiger partial charge is 0.0712 e. The largest absolute Gasteiger partial charge is 0.248 e. The predicted octanol–water partition coefficient (Wildman–Crippen LogP) is 6.49. The molecule has 0 unspecified atom stereocenters. The van der Waals surface area contributed by atoms with Gasteiger partial charge in [-0.05, 0) is 67.8 Å².